The maximum atomic E-state index is 12.2. The number of carbonyl (C=O) groups is 1. The van der Waals surface area contributed by atoms with Crippen LogP contribution < -0.4 is 5.32 Å². The largest absolute Gasteiger partial charge is 0.444 e. The molecule has 2 heterocycles. The zero-order valence-electron chi connectivity index (χ0n) is 13.2. The monoisotopic (exact) mass is 310 g/mol. The number of nitrogens with zero attached hydrogens (tertiary/aromatic N) is 1. The van der Waals surface area contributed by atoms with Crippen molar-refractivity contribution < 1.29 is 9.53 Å². The molecule has 1 aromatic heterocycles. The summed E-state index contributed by atoms with van der Waals surface area (Å²) in [4.78, 5) is 14.1. The van der Waals surface area contributed by atoms with E-state index >= 15 is 0 Å². The SMILES string of the molecule is CC(C)(C)OC(=O)N1CCCC1CCNCc1ccsc1. The van der Waals surface area contributed by atoms with Crippen molar-refractivity contribution in [2.75, 3.05) is 13.1 Å². The van der Waals surface area contributed by atoms with E-state index in [1.807, 2.05) is 25.7 Å². The average Bonchev–Trinajstić information content (AvgIpc) is 3.04. The summed E-state index contributed by atoms with van der Waals surface area (Å²) in [6.45, 7) is 8.40. The molecule has 1 aliphatic rings. The Hall–Kier alpha value is -1.07. The van der Waals surface area contributed by atoms with E-state index in [1.165, 1.54) is 5.56 Å². The lowest BCUT2D eigenvalue weighted by Crippen LogP contribution is -2.40. The summed E-state index contributed by atoms with van der Waals surface area (Å²) in [5.74, 6) is 0. The number of likely N-dealkylation sites (tertiary alicyclic amines) is 1. The molecular formula is C16H26N2O2S. The van der Waals surface area contributed by atoms with Crippen molar-refractivity contribution in [2.45, 2.75) is 58.2 Å². The van der Waals surface area contributed by atoms with Gasteiger partial charge in [0, 0.05) is 19.1 Å². The first-order chi connectivity index (χ1) is 9.96. The summed E-state index contributed by atoms with van der Waals surface area (Å²) in [7, 11) is 0. The minimum absolute atomic E-state index is 0.164. The summed E-state index contributed by atoms with van der Waals surface area (Å²) in [5, 5.41) is 7.71. The smallest absolute Gasteiger partial charge is 0.410 e. The van der Waals surface area contributed by atoms with Gasteiger partial charge in [0.1, 0.15) is 5.60 Å². The first kappa shape index (κ1) is 16.3. The normalized spacial score (nSPS) is 19.0. The van der Waals surface area contributed by atoms with Crippen LogP contribution in [-0.4, -0.2) is 35.7 Å². The molecule has 1 aromatic rings. The molecule has 5 heteroatoms. The fourth-order valence-electron chi connectivity index (χ4n) is 2.59. The van der Waals surface area contributed by atoms with Gasteiger partial charge in [-0.3, -0.25) is 0 Å². The van der Waals surface area contributed by atoms with E-state index in [9.17, 15) is 4.79 Å². The van der Waals surface area contributed by atoms with E-state index in [-0.39, 0.29) is 6.09 Å². The second-order valence-electron chi connectivity index (χ2n) is 6.57. The minimum atomic E-state index is -0.415. The molecule has 1 saturated heterocycles. The van der Waals surface area contributed by atoms with E-state index < -0.39 is 5.60 Å². The van der Waals surface area contributed by atoms with Crippen molar-refractivity contribution in [3.05, 3.63) is 22.4 Å². The maximum Gasteiger partial charge on any atom is 0.410 e. The molecular weight excluding hydrogens is 284 g/mol. The van der Waals surface area contributed by atoms with E-state index in [0.29, 0.717) is 6.04 Å². The number of hydrogen-bond acceptors (Lipinski definition) is 4. The molecule has 118 valence electrons. The van der Waals surface area contributed by atoms with Gasteiger partial charge in [-0.15, -0.1) is 0 Å². The lowest BCUT2D eigenvalue weighted by molar-refractivity contribution is 0.0221. The fourth-order valence-corrected chi connectivity index (χ4v) is 3.26. The Morgan fingerprint density at radius 1 is 1.52 bits per heavy atom. The number of rotatable bonds is 5. The quantitative estimate of drug-likeness (QED) is 0.844. The Morgan fingerprint density at radius 3 is 3.00 bits per heavy atom. The Labute approximate surface area is 131 Å². The van der Waals surface area contributed by atoms with Crippen LogP contribution in [0.1, 0.15) is 45.6 Å². The molecule has 1 unspecified atom stereocenters. The highest BCUT2D eigenvalue weighted by atomic mass is 32.1. The van der Waals surface area contributed by atoms with Crippen molar-refractivity contribution in [1.29, 1.82) is 0 Å². The molecule has 1 N–H and O–H groups in total. The van der Waals surface area contributed by atoms with Crippen molar-refractivity contribution in [2.24, 2.45) is 0 Å². The number of carbonyl (C=O) groups excluding carboxylic acids is 1. The van der Waals surface area contributed by atoms with Gasteiger partial charge in [-0.25, -0.2) is 4.79 Å². The molecule has 0 radical (unpaired) electrons. The molecule has 1 atom stereocenters. The predicted molar refractivity (Wildman–Crippen MR) is 86.6 cm³/mol. The zero-order chi connectivity index (χ0) is 15.3. The highest BCUT2D eigenvalue weighted by Gasteiger charge is 2.31. The maximum absolute atomic E-state index is 12.2. The first-order valence-corrected chi connectivity index (χ1v) is 8.61. The van der Waals surface area contributed by atoms with Crippen LogP contribution in [0, 0.1) is 0 Å². The van der Waals surface area contributed by atoms with Crippen LogP contribution >= 0.6 is 11.3 Å². The van der Waals surface area contributed by atoms with E-state index in [1.54, 1.807) is 11.3 Å². The lowest BCUT2D eigenvalue weighted by Gasteiger charge is -2.28. The van der Waals surface area contributed by atoms with Gasteiger partial charge in [-0.1, -0.05) is 0 Å². The zero-order valence-corrected chi connectivity index (χ0v) is 14.0. The van der Waals surface area contributed by atoms with Crippen LogP contribution in [0.25, 0.3) is 0 Å². The third-order valence-electron chi connectivity index (χ3n) is 3.57. The summed E-state index contributed by atoms with van der Waals surface area (Å²) >= 11 is 1.72. The van der Waals surface area contributed by atoms with E-state index in [0.717, 1.165) is 38.9 Å². The second kappa shape index (κ2) is 7.27. The number of ether oxygens (including phenoxy) is 1. The van der Waals surface area contributed by atoms with Gasteiger partial charge in [0.2, 0.25) is 0 Å². The van der Waals surface area contributed by atoms with Gasteiger partial charge < -0.3 is 15.0 Å². The standard InChI is InChI=1S/C16H26N2O2S/c1-16(2,3)20-15(19)18-9-4-5-14(18)6-8-17-11-13-7-10-21-12-13/h7,10,12,14,17H,4-6,8-9,11H2,1-3H3. The topological polar surface area (TPSA) is 41.6 Å². The Morgan fingerprint density at radius 2 is 2.33 bits per heavy atom. The predicted octanol–water partition coefficient (Wildman–Crippen LogP) is 3.63. The third-order valence-corrected chi connectivity index (χ3v) is 4.30. The summed E-state index contributed by atoms with van der Waals surface area (Å²) in [6, 6.07) is 2.45. The van der Waals surface area contributed by atoms with Gasteiger partial charge in [0.25, 0.3) is 0 Å². The molecule has 1 amide bonds. The van der Waals surface area contributed by atoms with Crippen molar-refractivity contribution in [3.8, 4) is 0 Å². The van der Waals surface area contributed by atoms with Crippen molar-refractivity contribution in [1.82, 2.24) is 10.2 Å². The molecule has 0 aromatic carbocycles. The Kier molecular flexibility index (Phi) is 5.65. The molecule has 1 fully saturated rings. The molecule has 0 saturated carbocycles. The Bertz CT molecular complexity index is 440. The molecule has 0 spiro atoms. The van der Waals surface area contributed by atoms with Gasteiger partial charge >= 0.3 is 6.09 Å². The summed E-state index contributed by atoms with van der Waals surface area (Å²) in [6.07, 6.45) is 2.99. The van der Waals surface area contributed by atoms with Crippen LogP contribution in [-0.2, 0) is 11.3 Å². The first-order valence-electron chi connectivity index (χ1n) is 7.67. The van der Waals surface area contributed by atoms with Crippen LogP contribution in [0.15, 0.2) is 16.8 Å². The third kappa shape index (κ3) is 5.32. The van der Waals surface area contributed by atoms with E-state index in [2.05, 4.69) is 22.1 Å². The highest BCUT2D eigenvalue weighted by molar-refractivity contribution is 7.07. The molecule has 21 heavy (non-hydrogen) atoms. The average molecular weight is 310 g/mol. The van der Waals surface area contributed by atoms with E-state index in [4.69, 9.17) is 4.74 Å². The summed E-state index contributed by atoms with van der Waals surface area (Å²) in [5.41, 5.74) is 0.914. The van der Waals surface area contributed by atoms with Gasteiger partial charge in [0.05, 0.1) is 0 Å². The van der Waals surface area contributed by atoms with Crippen LogP contribution in [0.3, 0.4) is 0 Å². The van der Waals surface area contributed by atoms with Crippen LogP contribution in [0.4, 0.5) is 4.79 Å². The lowest BCUT2D eigenvalue weighted by atomic mass is 10.1. The molecule has 4 nitrogen and oxygen atoms in total. The second-order valence-corrected chi connectivity index (χ2v) is 7.35. The number of nitrogens with one attached hydrogen (secondary N) is 1. The molecule has 0 bridgehead atoms. The number of hydrogen-bond donors (Lipinski definition) is 1. The molecule has 0 aliphatic carbocycles. The minimum Gasteiger partial charge on any atom is -0.444 e. The number of amides is 1. The van der Waals surface area contributed by atoms with Gasteiger partial charge in [-0.2, -0.15) is 11.3 Å². The van der Waals surface area contributed by atoms with Gasteiger partial charge in [-0.05, 0) is 69.0 Å². The highest BCUT2D eigenvalue weighted by Crippen LogP contribution is 2.22. The van der Waals surface area contributed by atoms with Gasteiger partial charge in [0.15, 0.2) is 0 Å². The number of thiophene rings is 1. The Balaban J connectivity index is 1.72. The summed E-state index contributed by atoms with van der Waals surface area (Å²) < 4.78 is 5.49. The van der Waals surface area contributed by atoms with Crippen LogP contribution in [0.5, 0.6) is 0 Å². The van der Waals surface area contributed by atoms with Crippen LogP contribution in [0.2, 0.25) is 0 Å². The van der Waals surface area contributed by atoms with Crippen molar-refractivity contribution >= 4 is 17.4 Å². The fraction of sp³-hybridized carbons (Fsp3) is 0.688. The molecule has 2 rings (SSSR count). The van der Waals surface area contributed by atoms with Crippen molar-refractivity contribution in [3.63, 3.8) is 0 Å². The molecule has 1 aliphatic heterocycles.